The molecule has 5 heteroatoms. The summed E-state index contributed by atoms with van der Waals surface area (Å²) in [5.74, 6) is -1.36. The Morgan fingerprint density at radius 3 is 2.48 bits per heavy atom. The maximum absolute atomic E-state index is 13.0. The third-order valence-corrected chi connectivity index (χ3v) is 4.70. The normalized spacial score (nSPS) is 28.2. The van der Waals surface area contributed by atoms with Crippen LogP contribution in [0.4, 0.5) is 4.39 Å². The second-order valence-corrected chi connectivity index (χ2v) is 5.92. The van der Waals surface area contributed by atoms with Crippen LogP contribution in [0.15, 0.2) is 24.3 Å². The number of hydrogen-bond donors (Lipinski definition) is 1. The van der Waals surface area contributed by atoms with Crippen molar-refractivity contribution in [3.8, 4) is 0 Å². The summed E-state index contributed by atoms with van der Waals surface area (Å²) in [6.45, 7) is 0. The Balaban J connectivity index is 1.90. The maximum atomic E-state index is 13.0. The Bertz CT molecular complexity index is 557. The van der Waals surface area contributed by atoms with E-state index < -0.39 is 17.8 Å². The molecule has 0 spiro atoms. The number of carboxylic acids is 1. The number of carbonyl (C=O) groups excluding carboxylic acids is 1. The van der Waals surface area contributed by atoms with Crippen molar-refractivity contribution in [1.29, 1.82) is 0 Å². The minimum atomic E-state index is -0.945. The minimum absolute atomic E-state index is 0.0115. The largest absolute Gasteiger partial charge is 0.480 e. The third kappa shape index (κ3) is 2.52. The molecule has 0 bridgehead atoms. The van der Waals surface area contributed by atoms with Crippen molar-refractivity contribution >= 4 is 11.9 Å². The minimum Gasteiger partial charge on any atom is -0.480 e. The number of halogens is 1. The number of hydrogen-bond acceptors (Lipinski definition) is 2. The zero-order valence-corrected chi connectivity index (χ0v) is 11.7. The van der Waals surface area contributed by atoms with Crippen LogP contribution in [-0.4, -0.2) is 34.0 Å². The molecule has 1 aromatic carbocycles. The zero-order chi connectivity index (χ0) is 15.0. The van der Waals surface area contributed by atoms with Gasteiger partial charge in [-0.3, -0.25) is 4.79 Å². The molecular weight excluding hydrogens is 273 g/mol. The van der Waals surface area contributed by atoms with E-state index in [0.29, 0.717) is 12.0 Å². The van der Waals surface area contributed by atoms with Gasteiger partial charge in [-0.15, -0.1) is 0 Å². The summed E-state index contributed by atoms with van der Waals surface area (Å²) < 4.78 is 13.0. The number of rotatable bonds is 2. The van der Waals surface area contributed by atoms with Crippen LogP contribution in [-0.2, 0) is 4.79 Å². The first kappa shape index (κ1) is 14.0. The van der Waals surface area contributed by atoms with Crippen LogP contribution in [0, 0.1) is 11.7 Å². The number of benzene rings is 1. The molecule has 4 nitrogen and oxygen atoms in total. The van der Waals surface area contributed by atoms with E-state index >= 15 is 0 Å². The molecule has 2 fully saturated rings. The number of carboxylic acid groups (broad SMARTS) is 1. The molecule has 0 aromatic heterocycles. The Morgan fingerprint density at radius 2 is 1.81 bits per heavy atom. The lowest BCUT2D eigenvalue weighted by Gasteiger charge is -2.33. The Kier molecular flexibility index (Phi) is 3.66. The molecule has 0 unspecified atom stereocenters. The van der Waals surface area contributed by atoms with Crippen LogP contribution in [0.5, 0.6) is 0 Å². The third-order valence-electron chi connectivity index (χ3n) is 4.70. The van der Waals surface area contributed by atoms with Crippen molar-refractivity contribution in [2.24, 2.45) is 5.92 Å². The molecule has 21 heavy (non-hydrogen) atoms. The number of nitrogens with zero attached hydrogens (tertiary/aromatic N) is 1. The molecule has 2 aliphatic rings. The molecule has 1 saturated carbocycles. The first-order chi connectivity index (χ1) is 10.1. The second kappa shape index (κ2) is 5.47. The quantitative estimate of drug-likeness (QED) is 0.911. The van der Waals surface area contributed by atoms with Gasteiger partial charge in [-0.05, 0) is 49.4 Å². The van der Waals surface area contributed by atoms with Gasteiger partial charge in [-0.2, -0.15) is 0 Å². The van der Waals surface area contributed by atoms with Gasteiger partial charge in [0.1, 0.15) is 11.9 Å². The van der Waals surface area contributed by atoms with E-state index in [4.69, 9.17) is 0 Å². The Labute approximate surface area is 122 Å². The summed E-state index contributed by atoms with van der Waals surface area (Å²) in [5, 5.41) is 9.42. The number of fused-ring (bicyclic) bond motifs is 1. The lowest BCUT2D eigenvalue weighted by molar-refractivity contribution is -0.141. The lowest BCUT2D eigenvalue weighted by atomic mass is 9.84. The highest BCUT2D eigenvalue weighted by Crippen LogP contribution is 2.40. The molecule has 3 rings (SSSR count). The molecule has 1 aromatic rings. The molecule has 3 atom stereocenters. The fraction of sp³-hybridized carbons (Fsp3) is 0.500. The Hall–Kier alpha value is -1.91. The van der Waals surface area contributed by atoms with E-state index in [1.54, 1.807) is 0 Å². The molecule has 1 saturated heterocycles. The highest BCUT2D eigenvalue weighted by atomic mass is 19.1. The van der Waals surface area contributed by atoms with Gasteiger partial charge in [-0.1, -0.05) is 12.8 Å². The van der Waals surface area contributed by atoms with E-state index in [-0.39, 0.29) is 17.9 Å². The van der Waals surface area contributed by atoms with E-state index in [9.17, 15) is 19.1 Å². The SMILES string of the molecule is O=C(O)[C@H]1C[C@H]2CCCC[C@H]2N1C(=O)c1ccc(F)cc1. The van der Waals surface area contributed by atoms with Crippen LogP contribution < -0.4 is 0 Å². The van der Waals surface area contributed by atoms with E-state index in [1.807, 2.05) is 0 Å². The topological polar surface area (TPSA) is 57.6 Å². The van der Waals surface area contributed by atoms with Crippen molar-refractivity contribution in [1.82, 2.24) is 4.90 Å². The van der Waals surface area contributed by atoms with Gasteiger partial charge in [0.15, 0.2) is 0 Å². The van der Waals surface area contributed by atoms with Gasteiger partial charge in [0, 0.05) is 11.6 Å². The molecule has 1 heterocycles. The highest BCUT2D eigenvalue weighted by molar-refractivity contribution is 5.97. The first-order valence-electron chi connectivity index (χ1n) is 7.39. The predicted octanol–water partition coefficient (Wildman–Crippen LogP) is 2.68. The monoisotopic (exact) mass is 291 g/mol. The molecule has 0 radical (unpaired) electrons. The maximum Gasteiger partial charge on any atom is 0.326 e. The summed E-state index contributed by atoms with van der Waals surface area (Å²) in [6, 6.07) is 4.57. The average molecular weight is 291 g/mol. The van der Waals surface area contributed by atoms with Gasteiger partial charge in [0.2, 0.25) is 0 Å². The van der Waals surface area contributed by atoms with Crippen LogP contribution in [0.2, 0.25) is 0 Å². The summed E-state index contributed by atoms with van der Waals surface area (Å²) in [7, 11) is 0. The zero-order valence-electron chi connectivity index (χ0n) is 11.7. The fourth-order valence-corrected chi connectivity index (χ4v) is 3.71. The molecule has 1 aliphatic carbocycles. The number of carbonyl (C=O) groups is 2. The van der Waals surface area contributed by atoms with Crippen molar-refractivity contribution < 1.29 is 19.1 Å². The molecule has 112 valence electrons. The number of aliphatic carboxylic acids is 1. The van der Waals surface area contributed by atoms with E-state index in [1.165, 1.54) is 29.2 Å². The van der Waals surface area contributed by atoms with E-state index in [0.717, 1.165) is 25.7 Å². The smallest absolute Gasteiger partial charge is 0.326 e. The van der Waals surface area contributed by atoms with Gasteiger partial charge in [0.05, 0.1) is 0 Å². The summed E-state index contributed by atoms with van der Waals surface area (Å²) in [4.78, 5) is 25.7. The molecule has 1 N–H and O–H groups in total. The van der Waals surface area contributed by atoms with Crippen molar-refractivity contribution in [3.05, 3.63) is 35.6 Å². The number of likely N-dealkylation sites (tertiary alicyclic amines) is 1. The summed E-state index contributed by atoms with van der Waals surface area (Å²) in [6.07, 6.45) is 4.52. The van der Waals surface area contributed by atoms with Gasteiger partial charge < -0.3 is 10.0 Å². The Morgan fingerprint density at radius 1 is 1.14 bits per heavy atom. The van der Waals surface area contributed by atoms with Crippen molar-refractivity contribution in [2.45, 2.75) is 44.2 Å². The summed E-state index contributed by atoms with van der Waals surface area (Å²) >= 11 is 0. The van der Waals surface area contributed by atoms with Gasteiger partial charge >= 0.3 is 5.97 Å². The van der Waals surface area contributed by atoms with Crippen LogP contribution in [0.3, 0.4) is 0 Å². The average Bonchev–Trinajstić information content (AvgIpc) is 2.87. The predicted molar refractivity (Wildman–Crippen MR) is 74.4 cm³/mol. The van der Waals surface area contributed by atoms with Crippen LogP contribution >= 0.6 is 0 Å². The van der Waals surface area contributed by atoms with E-state index in [2.05, 4.69) is 0 Å². The molecule has 1 aliphatic heterocycles. The van der Waals surface area contributed by atoms with Crippen molar-refractivity contribution in [2.75, 3.05) is 0 Å². The molecular formula is C16H18FNO3. The number of amides is 1. The van der Waals surface area contributed by atoms with Crippen LogP contribution in [0.1, 0.15) is 42.5 Å². The van der Waals surface area contributed by atoms with Gasteiger partial charge in [0.25, 0.3) is 5.91 Å². The molecule has 1 amide bonds. The highest BCUT2D eigenvalue weighted by Gasteiger charge is 2.47. The first-order valence-corrected chi connectivity index (χ1v) is 7.39. The van der Waals surface area contributed by atoms with Crippen LogP contribution in [0.25, 0.3) is 0 Å². The summed E-state index contributed by atoms with van der Waals surface area (Å²) in [5.41, 5.74) is 0.355. The fourth-order valence-electron chi connectivity index (χ4n) is 3.71. The van der Waals surface area contributed by atoms with Gasteiger partial charge in [-0.25, -0.2) is 9.18 Å². The lowest BCUT2D eigenvalue weighted by Crippen LogP contribution is -2.46. The second-order valence-electron chi connectivity index (χ2n) is 5.92. The standard InChI is InChI=1S/C16H18FNO3/c17-12-7-5-10(6-8-12)15(19)18-13-4-2-1-3-11(13)9-14(18)16(20)21/h5-8,11,13-14H,1-4,9H2,(H,20,21)/t11-,13-,14-/m1/s1. The van der Waals surface area contributed by atoms with Crippen molar-refractivity contribution in [3.63, 3.8) is 0 Å².